The number of aromatic nitrogens is 4. The fourth-order valence-corrected chi connectivity index (χ4v) is 2.33. The molecule has 0 bridgehead atoms. The predicted octanol–water partition coefficient (Wildman–Crippen LogP) is 3.44. The van der Waals surface area contributed by atoms with E-state index in [1.807, 2.05) is 25.1 Å². The minimum atomic E-state index is 0.543. The summed E-state index contributed by atoms with van der Waals surface area (Å²) < 4.78 is 2.35. The van der Waals surface area contributed by atoms with Gasteiger partial charge in [0, 0.05) is 5.02 Å². The van der Waals surface area contributed by atoms with Gasteiger partial charge in [-0.3, -0.25) is 0 Å². The van der Waals surface area contributed by atoms with E-state index in [0.717, 1.165) is 22.3 Å². The van der Waals surface area contributed by atoms with Gasteiger partial charge in [0.15, 0.2) is 0 Å². The van der Waals surface area contributed by atoms with Crippen molar-refractivity contribution in [2.24, 2.45) is 0 Å². The third-order valence-corrected chi connectivity index (χ3v) is 3.33. The zero-order valence-corrected chi connectivity index (χ0v) is 11.1. The second kappa shape index (κ2) is 4.19. The monoisotopic (exact) mass is 276 g/mol. The van der Waals surface area contributed by atoms with Crippen LogP contribution in [-0.4, -0.2) is 19.7 Å². The van der Waals surface area contributed by atoms with Gasteiger partial charge in [-0.05, 0) is 30.7 Å². The largest absolute Gasteiger partial charge is 0.330 e. The van der Waals surface area contributed by atoms with E-state index in [2.05, 4.69) is 15.1 Å². The van der Waals surface area contributed by atoms with Crippen molar-refractivity contribution in [1.29, 1.82) is 0 Å². The summed E-state index contributed by atoms with van der Waals surface area (Å²) in [5.74, 6) is 0. The van der Waals surface area contributed by atoms with Gasteiger partial charge < -0.3 is 4.98 Å². The summed E-state index contributed by atoms with van der Waals surface area (Å²) in [6.07, 6.45) is 3.29. The SMILES string of the molecule is Cc1cc(Cl)ccc1-n1ncc2c(=S)nc[nH]c21. The molecular weight excluding hydrogens is 268 g/mol. The molecule has 0 amide bonds. The topological polar surface area (TPSA) is 46.5 Å². The smallest absolute Gasteiger partial charge is 0.145 e. The fraction of sp³-hybridized carbons (Fsp3) is 0.0833. The average molecular weight is 277 g/mol. The molecule has 0 aliphatic heterocycles. The number of hydrogen-bond donors (Lipinski definition) is 1. The van der Waals surface area contributed by atoms with Gasteiger partial charge in [0.05, 0.1) is 23.6 Å². The van der Waals surface area contributed by atoms with Gasteiger partial charge in [-0.2, -0.15) is 5.10 Å². The average Bonchev–Trinajstić information content (AvgIpc) is 2.74. The Balaban J connectivity index is 2.32. The Bertz CT molecular complexity index is 790. The van der Waals surface area contributed by atoms with Gasteiger partial charge in [0.1, 0.15) is 10.3 Å². The van der Waals surface area contributed by atoms with Crippen LogP contribution < -0.4 is 0 Å². The van der Waals surface area contributed by atoms with Crippen LogP contribution in [0.25, 0.3) is 16.7 Å². The molecule has 2 heterocycles. The van der Waals surface area contributed by atoms with Crippen LogP contribution in [0.5, 0.6) is 0 Å². The number of H-pyrrole nitrogens is 1. The molecule has 0 fully saturated rings. The number of nitrogens with one attached hydrogen (secondary N) is 1. The van der Waals surface area contributed by atoms with Crippen molar-refractivity contribution in [2.45, 2.75) is 6.92 Å². The minimum Gasteiger partial charge on any atom is -0.330 e. The van der Waals surface area contributed by atoms with Gasteiger partial charge in [-0.1, -0.05) is 23.8 Å². The Morgan fingerprint density at radius 1 is 1.39 bits per heavy atom. The van der Waals surface area contributed by atoms with Crippen LogP contribution in [0.3, 0.4) is 0 Å². The highest BCUT2D eigenvalue weighted by Gasteiger charge is 2.09. The number of nitrogens with zero attached hydrogens (tertiary/aromatic N) is 3. The van der Waals surface area contributed by atoms with Crippen molar-refractivity contribution in [3.8, 4) is 5.69 Å². The lowest BCUT2D eigenvalue weighted by Crippen LogP contribution is -2.00. The van der Waals surface area contributed by atoms with Gasteiger partial charge in [0.25, 0.3) is 0 Å². The fourth-order valence-electron chi connectivity index (χ4n) is 1.90. The summed E-state index contributed by atoms with van der Waals surface area (Å²) in [7, 11) is 0. The van der Waals surface area contributed by atoms with Crippen molar-refractivity contribution < 1.29 is 0 Å². The maximum atomic E-state index is 5.96. The van der Waals surface area contributed by atoms with Gasteiger partial charge in [-0.15, -0.1) is 0 Å². The van der Waals surface area contributed by atoms with E-state index in [1.54, 1.807) is 17.2 Å². The first-order chi connectivity index (χ1) is 8.66. The van der Waals surface area contributed by atoms with E-state index in [0.29, 0.717) is 9.66 Å². The number of benzene rings is 1. The number of rotatable bonds is 1. The molecule has 0 saturated heterocycles. The van der Waals surface area contributed by atoms with Crippen LogP contribution in [0.4, 0.5) is 0 Å². The Morgan fingerprint density at radius 3 is 3.00 bits per heavy atom. The molecule has 0 radical (unpaired) electrons. The summed E-state index contributed by atoms with van der Waals surface area (Å²) in [4.78, 5) is 7.11. The molecule has 1 N–H and O–H groups in total. The maximum absolute atomic E-state index is 5.96. The molecule has 0 atom stereocenters. The molecule has 3 aromatic rings. The Hall–Kier alpha value is -1.72. The van der Waals surface area contributed by atoms with Crippen LogP contribution in [0.15, 0.2) is 30.7 Å². The number of aryl methyl sites for hydroxylation is 1. The predicted molar refractivity (Wildman–Crippen MR) is 73.8 cm³/mol. The lowest BCUT2D eigenvalue weighted by Gasteiger charge is -2.07. The van der Waals surface area contributed by atoms with Crippen molar-refractivity contribution in [3.63, 3.8) is 0 Å². The van der Waals surface area contributed by atoms with Gasteiger partial charge >= 0.3 is 0 Å². The normalized spacial score (nSPS) is 11.0. The first kappa shape index (κ1) is 11.4. The molecule has 6 heteroatoms. The highest BCUT2D eigenvalue weighted by atomic mass is 35.5. The Labute approximate surface area is 113 Å². The standard InChI is InChI=1S/C12H9ClN4S/c1-7-4-8(13)2-3-10(7)17-11-9(5-16-17)12(18)15-6-14-11/h2-6H,1H3,(H,14,15,18). The molecule has 2 aromatic heterocycles. The van der Waals surface area contributed by atoms with E-state index in [9.17, 15) is 0 Å². The molecule has 0 unspecified atom stereocenters. The third kappa shape index (κ3) is 1.72. The Kier molecular flexibility index (Phi) is 2.65. The van der Waals surface area contributed by atoms with Crippen molar-refractivity contribution in [2.75, 3.05) is 0 Å². The number of halogens is 1. The Morgan fingerprint density at radius 2 is 2.22 bits per heavy atom. The zero-order chi connectivity index (χ0) is 12.7. The minimum absolute atomic E-state index is 0.543. The molecule has 90 valence electrons. The highest BCUT2D eigenvalue weighted by Crippen LogP contribution is 2.21. The van der Waals surface area contributed by atoms with E-state index < -0.39 is 0 Å². The van der Waals surface area contributed by atoms with Crippen molar-refractivity contribution >= 4 is 34.9 Å². The molecule has 0 aliphatic carbocycles. The summed E-state index contributed by atoms with van der Waals surface area (Å²) in [6, 6.07) is 5.68. The van der Waals surface area contributed by atoms with Crippen LogP contribution in [0.1, 0.15) is 5.56 Å². The van der Waals surface area contributed by atoms with E-state index in [4.69, 9.17) is 23.8 Å². The van der Waals surface area contributed by atoms with E-state index in [1.165, 1.54) is 0 Å². The summed E-state index contributed by atoms with van der Waals surface area (Å²) >= 11 is 11.1. The molecule has 0 saturated carbocycles. The van der Waals surface area contributed by atoms with Crippen molar-refractivity contribution in [3.05, 3.63) is 45.9 Å². The zero-order valence-electron chi connectivity index (χ0n) is 9.51. The number of aromatic amines is 1. The second-order valence-corrected chi connectivity index (χ2v) is 4.78. The van der Waals surface area contributed by atoms with Crippen LogP contribution in [0, 0.1) is 11.6 Å². The van der Waals surface area contributed by atoms with Crippen LogP contribution in [0.2, 0.25) is 5.02 Å². The van der Waals surface area contributed by atoms with Gasteiger partial charge in [0.2, 0.25) is 0 Å². The van der Waals surface area contributed by atoms with Gasteiger partial charge in [-0.25, -0.2) is 9.67 Å². The van der Waals surface area contributed by atoms with E-state index in [-0.39, 0.29) is 0 Å². The highest BCUT2D eigenvalue weighted by molar-refractivity contribution is 7.71. The summed E-state index contributed by atoms with van der Waals surface area (Å²) in [6.45, 7) is 1.99. The first-order valence-electron chi connectivity index (χ1n) is 5.35. The molecule has 1 aromatic carbocycles. The number of fused-ring (bicyclic) bond motifs is 1. The molecule has 0 aliphatic rings. The maximum Gasteiger partial charge on any atom is 0.145 e. The summed E-state index contributed by atoms with van der Waals surface area (Å²) in [5, 5.41) is 5.90. The lowest BCUT2D eigenvalue weighted by atomic mass is 10.2. The molecular formula is C12H9ClN4S. The summed E-state index contributed by atoms with van der Waals surface area (Å²) in [5.41, 5.74) is 2.84. The molecule has 3 rings (SSSR count). The third-order valence-electron chi connectivity index (χ3n) is 2.77. The van der Waals surface area contributed by atoms with Crippen LogP contribution in [-0.2, 0) is 0 Å². The molecule has 0 spiro atoms. The number of hydrogen-bond acceptors (Lipinski definition) is 3. The second-order valence-electron chi connectivity index (χ2n) is 3.96. The molecule has 18 heavy (non-hydrogen) atoms. The quantitative estimate of drug-likeness (QED) is 0.693. The van der Waals surface area contributed by atoms with E-state index >= 15 is 0 Å². The molecule has 4 nitrogen and oxygen atoms in total. The van der Waals surface area contributed by atoms with Crippen LogP contribution >= 0.6 is 23.8 Å². The lowest BCUT2D eigenvalue weighted by molar-refractivity contribution is 0.887. The first-order valence-corrected chi connectivity index (χ1v) is 6.13. The van der Waals surface area contributed by atoms with Crippen molar-refractivity contribution in [1.82, 2.24) is 19.7 Å².